The molecule has 0 radical (unpaired) electrons. The number of hydrogen-bond acceptors (Lipinski definition) is 9. The van der Waals surface area contributed by atoms with Crippen molar-refractivity contribution in [3.8, 4) is 0 Å². The molecule has 3 aliphatic rings. The van der Waals surface area contributed by atoms with Crippen LogP contribution in [0.15, 0.2) is 0 Å². The van der Waals surface area contributed by atoms with Crippen molar-refractivity contribution in [2.75, 3.05) is 20.3 Å². The normalized spacial score (nSPS) is 35.7. The van der Waals surface area contributed by atoms with Crippen molar-refractivity contribution in [2.24, 2.45) is 35.3 Å². The number of carbonyl (C=O) groups is 2. The third kappa shape index (κ3) is 9.44. The summed E-state index contributed by atoms with van der Waals surface area (Å²) in [4.78, 5) is 24.0. The molecule has 38 heavy (non-hydrogen) atoms. The molecule has 0 aromatic carbocycles. The molecule has 9 nitrogen and oxygen atoms in total. The molecule has 220 valence electrons. The Hall–Kier alpha value is -1.26. The second-order valence-corrected chi connectivity index (χ2v) is 12.1. The molecule has 0 spiro atoms. The highest BCUT2D eigenvalue weighted by Gasteiger charge is 2.41. The van der Waals surface area contributed by atoms with E-state index < -0.39 is 6.10 Å². The maximum atomic E-state index is 12.0. The molecule has 3 rings (SSSR count). The molecular formula is C29H52N2O7. The number of aliphatic hydroxyl groups excluding tert-OH is 2. The van der Waals surface area contributed by atoms with Gasteiger partial charge in [-0.05, 0) is 93.9 Å². The lowest BCUT2D eigenvalue weighted by molar-refractivity contribution is -0.154. The molecule has 0 amide bonds. The van der Waals surface area contributed by atoms with Crippen molar-refractivity contribution in [1.29, 1.82) is 0 Å². The molecule has 0 aromatic heterocycles. The van der Waals surface area contributed by atoms with Gasteiger partial charge in [-0.3, -0.25) is 9.59 Å². The maximum Gasteiger partial charge on any atom is 0.302 e. The molecule has 0 aromatic rings. The van der Waals surface area contributed by atoms with Crippen LogP contribution < -0.4 is 11.1 Å². The van der Waals surface area contributed by atoms with Gasteiger partial charge < -0.3 is 35.5 Å². The van der Waals surface area contributed by atoms with Crippen molar-refractivity contribution in [2.45, 2.75) is 121 Å². The number of carbonyl (C=O) groups excluding carboxylic acids is 2. The van der Waals surface area contributed by atoms with Crippen LogP contribution in [0, 0.1) is 29.6 Å². The van der Waals surface area contributed by atoms with Crippen LogP contribution in [0.3, 0.4) is 0 Å². The summed E-state index contributed by atoms with van der Waals surface area (Å²) in [6.45, 7) is 3.88. The standard InChI is InChI=1S/C29H52N2O7/c1-18(33)37-24(15-25(38-19(2)34)12-20-6-4-5-7-23(20)17-32)9-8-21-13-28(36-3)27(35)16-26(21)22-10-11-31-29(30)14-22/h20-29,31-32,35H,4-17,30H2,1-3H3/t20-,21?,22?,23+,24+,25-,26?,27?,28?,29?/m0/s1. The number of piperidine rings is 1. The van der Waals surface area contributed by atoms with Gasteiger partial charge in [-0.25, -0.2) is 0 Å². The Morgan fingerprint density at radius 2 is 1.66 bits per heavy atom. The SMILES string of the molecule is COC1CC(CC[C@H](C[C@H](C[C@@H]2CCCC[C@@H]2CO)OC(C)=O)OC(C)=O)C(C2CCNC(N)C2)CC1O. The van der Waals surface area contributed by atoms with E-state index in [-0.39, 0.29) is 48.9 Å². The number of esters is 2. The Balaban J connectivity index is 1.69. The average molecular weight is 541 g/mol. The summed E-state index contributed by atoms with van der Waals surface area (Å²) in [5.41, 5.74) is 6.22. The quantitative estimate of drug-likeness (QED) is 0.275. The fourth-order valence-electron chi connectivity index (χ4n) is 7.54. The maximum absolute atomic E-state index is 12.0. The van der Waals surface area contributed by atoms with Crippen molar-refractivity contribution in [1.82, 2.24) is 5.32 Å². The van der Waals surface area contributed by atoms with Gasteiger partial charge in [0.25, 0.3) is 0 Å². The highest BCUT2D eigenvalue weighted by molar-refractivity contribution is 5.66. The Morgan fingerprint density at radius 1 is 0.974 bits per heavy atom. The average Bonchev–Trinajstić information content (AvgIpc) is 2.87. The van der Waals surface area contributed by atoms with Crippen molar-refractivity contribution < 1.29 is 34.0 Å². The van der Waals surface area contributed by atoms with E-state index in [9.17, 15) is 19.8 Å². The third-order valence-electron chi connectivity index (χ3n) is 9.39. The Bertz CT molecular complexity index is 738. The van der Waals surface area contributed by atoms with E-state index in [1.54, 1.807) is 7.11 Å². The van der Waals surface area contributed by atoms with Crippen LogP contribution in [-0.2, 0) is 23.8 Å². The topological polar surface area (TPSA) is 140 Å². The van der Waals surface area contributed by atoms with Crippen molar-refractivity contribution in [3.63, 3.8) is 0 Å². The molecule has 1 aliphatic heterocycles. The largest absolute Gasteiger partial charge is 0.462 e. The van der Waals surface area contributed by atoms with Gasteiger partial charge in [-0.2, -0.15) is 0 Å². The van der Waals surface area contributed by atoms with E-state index in [1.165, 1.54) is 13.8 Å². The number of ether oxygens (including phenoxy) is 3. The zero-order valence-corrected chi connectivity index (χ0v) is 23.7. The van der Waals surface area contributed by atoms with Crippen molar-refractivity contribution in [3.05, 3.63) is 0 Å². The summed E-state index contributed by atoms with van der Waals surface area (Å²) in [5, 5.41) is 23.9. The second-order valence-electron chi connectivity index (χ2n) is 12.1. The Labute approximate surface area is 228 Å². The van der Waals surface area contributed by atoms with Crippen LogP contribution in [0.25, 0.3) is 0 Å². The van der Waals surface area contributed by atoms with Crippen LogP contribution in [0.5, 0.6) is 0 Å². The molecule has 1 saturated heterocycles. The third-order valence-corrected chi connectivity index (χ3v) is 9.39. The van der Waals surface area contributed by atoms with Crippen LogP contribution in [0.2, 0.25) is 0 Å². The van der Waals surface area contributed by atoms with Gasteiger partial charge in [0, 0.05) is 34.0 Å². The zero-order chi connectivity index (χ0) is 27.7. The second kappa shape index (κ2) is 15.5. The molecule has 10 atom stereocenters. The summed E-state index contributed by atoms with van der Waals surface area (Å²) in [7, 11) is 1.65. The minimum absolute atomic E-state index is 0.0208. The monoisotopic (exact) mass is 540 g/mol. The fraction of sp³-hybridized carbons (Fsp3) is 0.931. The van der Waals surface area contributed by atoms with E-state index in [0.717, 1.165) is 57.9 Å². The summed E-state index contributed by atoms with van der Waals surface area (Å²) >= 11 is 0. The summed E-state index contributed by atoms with van der Waals surface area (Å²) in [5.74, 6) is 0.945. The molecule has 5 N–H and O–H groups in total. The minimum atomic E-state index is -0.486. The number of nitrogens with two attached hydrogens (primary N) is 1. The molecule has 6 unspecified atom stereocenters. The zero-order valence-electron chi connectivity index (χ0n) is 23.7. The predicted octanol–water partition coefficient (Wildman–Crippen LogP) is 2.90. The predicted molar refractivity (Wildman–Crippen MR) is 144 cm³/mol. The van der Waals surface area contributed by atoms with Gasteiger partial charge in [-0.1, -0.05) is 12.8 Å². The van der Waals surface area contributed by atoms with Crippen LogP contribution in [0.1, 0.15) is 90.9 Å². The summed E-state index contributed by atoms with van der Waals surface area (Å²) < 4.78 is 17.1. The highest BCUT2D eigenvalue weighted by atomic mass is 16.6. The lowest BCUT2D eigenvalue weighted by atomic mass is 9.66. The van der Waals surface area contributed by atoms with Gasteiger partial charge in [0.15, 0.2) is 0 Å². The number of rotatable bonds is 12. The fourth-order valence-corrected chi connectivity index (χ4v) is 7.54. The van der Waals surface area contributed by atoms with Gasteiger partial charge in [0.05, 0.1) is 18.4 Å². The Morgan fingerprint density at radius 3 is 2.29 bits per heavy atom. The van der Waals surface area contributed by atoms with E-state index >= 15 is 0 Å². The molecule has 2 saturated carbocycles. The first-order valence-electron chi connectivity index (χ1n) is 14.8. The van der Waals surface area contributed by atoms with Crippen LogP contribution in [-0.4, -0.2) is 73.0 Å². The Kier molecular flexibility index (Phi) is 12.8. The first-order valence-corrected chi connectivity index (χ1v) is 14.8. The van der Waals surface area contributed by atoms with E-state index in [4.69, 9.17) is 19.9 Å². The molecule has 2 aliphatic carbocycles. The minimum Gasteiger partial charge on any atom is -0.462 e. The molecular weight excluding hydrogens is 488 g/mol. The lowest BCUT2D eigenvalue weighted by Gasteiger charge is -2.45. The number of hydrogen-bond donors (Lipinski definition) is 4. The molecule has 9 heteroatoms. The number of aliphatic hydroxyl groups is 2. The van der Waals surface area contributed by atoms with Crippen molar-refractivity contribution >= 4 is 11.9 Å². The molecule has 3 fully saturated rings. The van der Waals surface area contributed by atoms with Gasteiger partial charge >= 0.3 is 11.9 Å². The number of methoxy groups -OCH3 is 1. The molecule has 0 bridgehead atoms. The lowest BCUT2D eigenvalue weighted by Crippen LogP contribution is -2.49. The van der Waals surface area contributed by atoms with Gasteiger partial charge in [-0.15, -0.1) is 0 Å². The summed E-state index contributed by atoms with van der Waals surface area (Å²) in [6, 6.07) is 0. The first kappa shape index (κ1) is 31.3. The van der Waals surface area contributed by atoms with Crippen LogP contribution in [0.4, 0.5) is 0 Å². The van der Waals surface area contributed by atoms with E-state index in [1.807, 2.05) is 0 Å². The first-order chi connectivity index (χ1) is 18.2. The van der Waals surface area contributed by atoms with Gasteiger partial charge in [0.2, 0.25) is 0 Å². The van der Waals surface area contributed by atoms with E-state index in [2.05, 4.69) is 5.32 Å². The van der Waals surface area contributed by atoms with Gasteiger partial charge in [0.1, 0.15) is 12.2 Å². The molecule has 1 heterocycles. The smallest absolute Gasteiger partial charge is 0.302 e. The highest BCUT2D eigenvalue weighted by Crippen LogP contribution is 2.43. The van der Waals surface area contributed by atoms with E-state index in [0.29, 0.717) is 49.4 Å². The number of nitrogens with one attached hydrogen (secondary N) is 1. The summed E-state index contributed by atoms with van der Waals surface area (Å²) in [6.07, 6.45) is 8.86. The van der Waals surface area contributed by atoms with Crippen LogP contribution >= 0.6 is 0 Å².